The highest BCUT2D eigenvalue weighted by Crippen LogP contribution is 2.34. The summed E-state index contributed by atoms with van der Waals surface area (Å²) in [7, 11) is 0. The van der Waals surface area contributed by atoms with Gasteiger partial charge in [0.05, 0.1) is 24.4 Å². The predicted molar refractivity (Wildman–Crippen MR) is 70.4 cm³/mol. The number of hydrogen-bond acceptors (Lipinski definition) is 5. The SMILES string of the molecule is Cc1nc(C)c(C(=O)N2CCOC3C[C@H](CO)C[C@@H]32)o1. The summed E-state index contributed by atoms with van der Waals surface area (Å²) < 4.78 is 11.2. The van der Waals surface area contributed by atoms with E-state index in [-0.39, 0.29) is 30.6 Å². The lowest BCUT2D eigenvalue weighted by Gasteiger charge is -2.37. The standard InChI is InChI=1S/C14H20N2O4/c1-8-13(20-9(2)15-8)14(18)16-3-4-19-12-6-10(7-17)5-11(12)16/h10-12,17H,3-7H2,1-2H3/t10-,11+,12?/m1/s1. The molecule has 1 amide bonds. The first-order valence-electron chi connectivity index (χ1n) is 7.07. The first-order valence-corrected chi connectivity index (χ1v) is 7.07. The third-order valence-electron chi connectivity index (χ3n) is 4.25. The molecular weight excluding hydrogens is 260 g/mol. The number of aryl methyl sites for hydroxylation is 2. The number of aliphatic hydroxyl groups is 1. The average molecular weight is 280 g/mol. The summed E-state index contributed by atoms with van der Waals surface area (Å²) in [6.07, 6.45) is 1.65. The number of rotatable bonds is 2. The van der Waals surface area contributed by atoms with Gasteiger partial charge >= 0.3 is 0 Å². The zero-order valence-electron chi connectivity index (χ0n) is 11.8. The summed E-state index contributed by atoms with van der Waals surface area (Å²) in [5, 5.41) is 9.31. The first-order chi connectivity index (χ1) is 9.60. The second-order valence-corrected chi connectivity index (χ2v) is 5.64. The Labute approximate surface area is 117 Å². The van der Waals surface area contributed by atoms with Crippen molar-refractivity contribution in [1.29, 1.82) is 0 Å². The van der Waals surface area contributed by atoms with Crippen LogP contribution in [0.5, 0.6) is 0 Å². The molecule has 1 aliphatic carbocycles. The van der Waals surface area contributed by atoms with Gasteiger partial charge < -0.3 is 19.2 Å². The van der Waals surface area contributed by atoms with Crippen LogP contribution in [0.3, 0.4) is 0 Å². The van der Waals surface area contributed by atoms with Crippen LogP contribution in [0.1, 0.15) is 35.0 Å². The van der Waals surface area contributed by atoms with Crippen molar-refractivity contribution in [3.8, 4) is 0 Å². The van der Waals surface area contributed by atoms with Gasteiger partial charge in [-0.25, -0.2) is 4.98 Å². The molecule has 1 unspecified atom stereocenters. The lowest BCUT2D eigenvalue weighted by molar-refractivity contribution is -0.0458. The molecule has 6 heteroatoms. The van der Waals surface area contributed by atoms with Crippen LogP contribution >= 0.6 is 0 Å². The molecule has 1 aromatic rings. The van der Waals surface area contributed by atoms with E-state index in [1.807, 2.05) is 4.90 Å². The van der Waals surface area contributed by atoms with Crippen LogP contribution in [-0.2, 0) is 4.74 Å². The maximum atomic E-state index is 12.6. The number of aliphatic hydroxyl groups excluding tert-OH is 1. The molecule has 1 N–H and O–H groups in total. The Bertz CT molecular complexity index is 513. The molecule has 20 heavy (non-hydrogen) atoms. The van der Waals surface area contributed by atoms with Gasteiger partial charge in [0.2, 0.25) is 5.76 Å². The fourth-order valence-electron chi connectivity index (χ4n) is 3.31. The lowest BCUT2D eigenvalue weighted by atomic mass is 10.1. The van der Waals surface area contributed by atoms with Crippen LogP contribution in [-0.4, -0.2) is 52.8 Å². The van der Waals surface area contributed by atoms with E-state index < -0.39 is 0 Å². The Balaban J connectivity index is 1.82. The second kappa shape index (κ2) is 5.18. The van der Waals surface area contributed by atoms with Gasteiger partial charge in [-0.3, -0.25) is 4.79 Å². The van der Waals surface area contributed by atoms with E-state index in [2.05, 4.69) is 4.98 Å². The molecule has 1 aliphatic heterocycles. The van der Waals surface area contributed by atoms with E-state index in [9.17, 15) is 9.90 Å². The summed E-state index contributed by atoms with van der Waals surface area (Å²) in [5.74, 6) is 0.946. The molecule has 2 heterocycles. The second-order valence-electron chi connectivity index (χ2n) is 5.64. The summed E-state index contributed by atoms with van der Waals surface area (Å²) in [6.45, 7) is 4.78. The van der Waals surface area contributed by atoms with E-state index in [0.29, 0.717) is 30.5 Å². The molecule has 0 bridgehead atoms. The van der Waals surface area contributed by atoms with Crippen molar-refractivity contribution in [2.24, 2.45) is 5.92 Å². The molecule has 3 atom stereocenters. The maximum absolute atomic E-state index is 12.6. The third-order valence-corrected chi connectivity index (χ3v) is 4.25. The van der Waals surface area contributed by atoms with E-state index in [0.717, 1.165) is 12.8 Å². The summed E-state index contributed by atoms with van der Waals surface area (Å²) in [6, 6.07) is 0.0400. The Hall–Kier alpha value is -1.40. The van der Waals surface area contributed by atoms with Gasteiger partial charge in [-0.1, -0.05) is 0 Å². The minimum Gasteiger partial charge on any atom is -0.436 e. The molecule has 0 radical (unpaired) electrons. The van der Waals surface area contributed by atoms with Crippen LogP contribution in [0.2, 0.25) is 0 Å². The van der Waals surface area contributed by atoms with E-state index >= 15 is 0 Å². The number of carbonyl (C=O) groups is 1. The number of carbonyl (C=O) groups excluding carboxylic acids is 1. The van der Waals surface area contributed by atoms with E-state index in [4.69, 9.17) is 9.15 Å². The van der Waals surface area contributed by atoms with Gasteiger partial charge in [-0.2, -0.15) is 0 Å². The van der Waals surface area contributed by atoms with Gasteiger partial charge in [-0.15, -0.1) is 0 Å². The van der Waals surface area contributed by atoms with Crippen molar-refractivity contribution in [3.05, 3.63) is 17.3 Å². The Morgan fingerprint density at radius 3 is 2.90 bits per heavy atom. The number of ether oxygens (including phenoxy) is 1. The van der Waals surface area contributed by atoms with Crippen LogP contribution in [0.25, 0.3) is 0 Å². The van der Waals surface area contributed by atoms with Crippen molar-refractivity contribution >= 4 is 5.91 Å². The molecule has 0 aromatic carbocycles. The predicted octanol–water partition coefficient (Wildman–Crippen LogP) is 0.903. The largest absolute Gasteiger partial charge is 0.436 e. The van der Waals surface area contributed by atoms with Gasteiger partial charge in [0, 0.05) is 20.1 Å². The zero-order chi connectivity index (χ0) is 14.3. The molecule has 0 spiro atoms. The van der Waals surface area contributed by atoms with E-state index in [1.54, 1.807) is 13.8 Å². The van der Waals surface area contributed by atoms with Crippen molar-refractivity contribution in [3.63, 3.8) is 0 Å². The normalized spacial score (nSPS) is 29.6. The Morgan fingerprint density at radius 2 is 2.25 bits per heavy atom. The molecule has 2 aliphatic rings. The minimum absolute atomic E-state index is 0.0363. The number of aromatic nitrogens is 1. The number of oxazole rings is 1. The number of morpholine rings is 1. The number of fused-ring (bicyclic) bond motifs is 1. The van der Waals surface area contributed by atoms with E-state index in [1.165, 1.54) is 0 Å². The summed E-state index contributed by atoms with van der Waals surface area (Å²) in [5.41, 5.74) is 0.632. The smallest absolute Gasteiger partial charge is 0.291 e. The zero-order valence-corrected chi connectivity index (χ0v) is 11.8. The Morgan fingerprint density at radius 1 is 1.45 bits per heavy atom. The van der Waals surface area contributed by atoms with Gasteiger partial charge in [0.15, 0.2) is 5.89 Å². The van der Waals surface area contributed by atoms with Gasteiger partial charge in [-0.05, 0) is 25.7 Å². The Kier molecular flexibility index (Phi) is 3.52. The van der Waals surface area contributed by atoms with Crippen LogP contribution in [0.4, 0.5) is 0 Å². The quantitative estimate of drug-likeness (QED) is 0.871. The topological polar surface area (TPSA) is 75.8 Å². The van der Waals surface area contributed by atoms with Crippen molar-refractivity contribution in [1.82, 2.24) is 9.88 Å². The highest BCUT2D eigenvalue weighted by atomic mass is 16.5. The number of nitrogens with zero attached hydrogens (tertiary/aromatic N) is 2. The molecule has 3 rings (SSSR count). The number of amides is 1. The van der Waals surface area contributed by atoms with Crippen molar-refractivity contribution in [2.75, 3.05) is 19.8 Å². The summed E-state index contributed by atoms with van der Waals surface area (Å²) >= 11 is 0. The lowest BCUT2D eigenvalue weighted by Crippen LogP contribution is -2.51. The highest BCUT2D eigenvalue weighted by Gasteiger charge is 2.43. The van der Waals surface area contributed by atoms with Crippen molar-refractivity contribution < 1.29 is 19.1 Å². The molecule has 1 aromatic heterocycles. The monoisotopic (exact) mass is 280 g/mol. The van der Waals surface area contributed by atoms with Gasteiger partial charge in [0.1, 0.15) is 0 Å². The van der Waals surface area contributed by atoms with Crippen LogP contribution in [0, 0.1) is 19.8 Å². The van der Waals surface area contributed by atoms with Gasteiger partial charge in [0.25, 0.3) is 5.91 Å². The third kappa shape index (κ3) is 2.23. The molecular formula is C14H20N2O4. The summed E-state index contributed by atoms with van der Waals surface area (Å²) in [4.78, 5) is 18.6. The number of hydrogen-bond donors (Lipinski definition) is 1. The maximum Gasteiger partial charge on any atom is 0.291 e. The fraction of sp³-hybridized carbons (Fsp3) is 0.714. The first kappa shape index (κ1) is 13.6. The average Bonchev–Trinajstić information content (AvgIpc) is 3.00. The van der Waals surface area contributed by atoms with Crippen LogP contribution < -0.4 is 0 Å². The molecule has 1 saturated carbocycles. The van der Waals surface area contributed by atoms with Crippen molar-refractivity contribution in [2.45, 2.75) is 38.8 Å². The molecule has 2 fully saturated rings. The van der Waals surface area contributed by atoms with Crippen LogP contribution in [0.15, 0.2) is 4.42 Å². The molecule has 110 valence electrons. The minimum atomic E-state index is -0.111. The highest BCUT2D eigenvalue weighted by molar-refractivity contribution is 5.92. The molecule has 1 saturated heterocycles. The molecule has 6 nitrogen and oxygen atoms in total. The fourth-order valence-corrected chi connectivity index (χ4v) is 3.31.